The summed E-state index contributed by atoms with van der Waals surface area (Å²) in [5.41, 5.74) is 1.50. The third-order valence-electron chi connectivity index (χ3n) is 1.96. The zero-order valence-corrected chi connectivity index (χ0v) is 7.89. The fourth-order valence-corrected chi connectivity index (χ4v) is 1.26. The van der Waals surface area contributed by atoms with E-state index in [0.29, 0.717) is 5.52 Å². The maximum atomic E-state index is 13.3. The van der Waals surface area contributed by atoms with Gasteiger partial charge in [-0.15, -0.1) is 0 Å². The number of nitrogens with zero attached hydrogens (tertiary/aromatic N) is 2. The lowest BCUT2D eigenvalue weighted by Gasteiger charge is -1.99. The molecular weight excluding hydrogens is 195 g/mol. The van der Waals surface area contributed by atoms with Crippen molar-refractivity contribution in [2.45, 2.75) is 0 Å². The Labute approximate surface area is 85.9 Å². The van der Waals surface area contributed by atoms with Gasteiger partial charge in [0.25, 0.3) is 0 Å². The number of aliphatic hydroxyl groups excluding tert-OH is 1. The number of halogens is 1. The molecule has 0 saturated heterocycles. The Morgan fingerprint density at radius 3 is 2.80 bits per heavy atom. The van der Waals surface area contributed by atoms with E-state index in [1.165, 1.54) is 6.20 Å². The highest BCUT2D eigenvalue weighted by Gasteiger charge is 2.03. The molecule has 76 valence electrons. The molecule has 1 N–H and O–H groups in total. The van der Waals surface area contributed by atoms with Crippen molar-refractivity contribution in [2.24, 2.45) is 0 Å². The average molecular weight is 204 g/mol. The number of aromatic nitrogens is 2. The number of hydrogen-bond donors (Lipinski definition) is 1. The highest BCUT2D eigenvalue weighted by molar-refractivity contribution is 5.75. The fourth-order valence-electron chi connectivity index (χ4n) is 1.26. The molecule has 2 rings (SSSR count). The molecule has 0 atom stereocenters. The van der Waals surface area contributed by atoms with Crippen LogP contribution in [0.4, 0.5) is 4.39 Å². The average Bonchev–Trinajstić information content (AvgIpc) is 2.29. The molecule has 0 aliphatic rings. The van der Waals surface area contributed by atoms with Gasteiger partial charge >= 0.3 is 0 Å². The summed E-state index contributed by atoms with van der Waals surface area (Å²) in [6, 6.07) is 7.23. The lowest BCUT2D eigenvalue weighted by molar-refractivity contribution is 0.342. The minimum Gasteiger partial charge on any atom is -0.392 e. The number of rotatable bonds is 2. The predicted molar refractivity (Wildman–Crippen MR) is 55.7 cm³/mol. The minimum atomic E-state index is -0.559. The highest BCUT2D eigenvalue weighted by Crippen LogP contribution is 2.15. The maximum absolute atomic E-state index is 13.3. The van der Waals surface area contributed by atoms with Gasteiger partial charge in [-0.2, -0.15) is 0 Å². The van der Waals surface area contributed by atoms with Crippen molar-refractivity contribution in [3.8, 4) is 0 Å². The second-order valence-corrected chi connectivity index (χ2v) is 2.98. The first-order valence-electron chi connectivity index (χ1n) is 4.50. The van der Waals surface area contributed by atoms with Crippen molar-refractivity contribution in [3.05, 3.63) is 42.2 Å². The molecule has 0 amide bonds. The van der Waals surface area contributed by atoms with Gasteiger partial charge in [0, 0.05) is 0 Å². The van der Waals surface area contributed by atoms with Crippen molar-refractivity contribution >= 4 is 16.9 Å². The van der Waals surface area contributed by atoms with Gasteiger partial charge in [-0.05, 0) is 18.2 Å². The fraction of sp³-hybridized carbons (Fsp3) is 0.0909. The van der Waals surface area contributed by atoms with E-state index in [2.05, 4.69) is 9.97 Å². The van der Waals surface area contributed by atoms with E-state index < -0.39 is 5.83 Å². The van der Waals surface area contributed by atoms with E-state index in [4.69, 9.17) is 5.11 Å². The van der Waals surface area contributed by atoms with Gasteiger partial charge < -0.3 is 5.11 Å². The zero-order chi connectivity index (χ0) is 10.7. The van der Waals surface area contributed by atoms with E-state index in [1.807, 2.05) is 12.1 Å². The van der Waals surface area contributed by atoms with Crippen LogP contribution in [0.15, 0.2) is 36.5 Å². The monoisotopic (exact) mass is 204 g/mol. The van der Waals surface area contributed by atoms with Gasteiger partial charge in [-0.1, -0.05) is 12.1 Å². The van der Waals surface area contributed by atoms with Crippen LogP contribution >= 0.6 is 0 Å². The first-order chi connectivity index (χ1) is 7.31. The summed E-state index contributed by atoms with van der Waals surface area (Å²) in [5, 5.41) is 8.55. The van der Waals surface area contributed by atoms with E-state index in [-0.39, 0.29) is 12.3 Å². The molecule has 1 heterocycles. The van der Waals surface area contributed by atoms with Gasteiger partial charge in [0.05, 0.1) is 23.8 Å². The summed E-state index contributed by atoms with van der Waals surface area (Å²) in [4.78, 5) is 8.14. The van der Waals surface area contributed by atoms with Crippen LogP contribution in [0.2, 0.25) is 0 Å². The summed E-state index contributed by atoms with van der Waals surface area (Å²) < 4.78 is 13.3. The van der Waals surface area contributed by atoms with Crippen molar-refractivity contribution in [2.75, 3.05) is 6.61 Å². The maximum Gasteiger partial charge on any atom is 0.148 e. The van der Waals surface area contributed by atoms with E-state index >= 15 is 0 Å². The SMILES string of the molecule is OCC=C(F)c1cnc2ccccc2n1. The first-order valence-corrected chi connectivity index (χ1v) is 4.50. The summed E-state index contributed by atoms with van der Waals surface area (Å²) in [7, 11) is 0. The first kappa shape index (κ1) is 9.73. The number of benzene rings is 1. The molecule has 0 aliphatic carbocycles. The molecule has 1 aromatic carbocycles. The molecule has 0 saturated carbocycles. The van der Waals surface area contributed by atoms with Crippen molar-refractivity contribution in [1.82, 2.24) is 9.97 Å². The number of aliphatic hydroxyl groups is 1. The number of fused-ring (bicyclic) bond motifs is 1. The summed E-state index contributed by atoms with van der Waals surface area (Å²) >= 11 is 0. The molecule has 2 aromatic rings. The van der Waals surface area contributed by atoms with Crippen LogP contribution in [0.3, 0.4) is 0 Å². The Hall–Kier alpha value is -1.81. The third-order valence-corrected chi connectivity index (χ3v) is 1.96. The Morgan fingerprint density at radius 2 is 2.07 bits per heavy atom. The summed E-state index contributed by atoms with van der Waals surface area (Å²) in [6.45, 7) is -0.347. The van der Waals surface area contributed by atoms with Crippen LogP contribution in [-0.4, -0.2) is 21.7 Å². The second kappa shape index (κ2) is 4.14. The Kier molecular flexibility index (Phi) is 2.69. The molecule has 0 bridgehead atoms. The second-order valence-electron chi connectivity index (χ2n) is 2.98. The predicted octanol–water partition coefficient (Wildman–Crippen LogP) is 1.93. The van der Waals surface area contributed by atoms with Gasteiger partial charge in [0.2, 0.25) is 0 Å². The van der Waals surface area contributed by atoms with Crippen LogP contribution in [0, 0.1) is 0 Å². The lowest BCUT2D eigenvalue weighted by atomic mass is 10.3. The third kappa shape index (κ3) is 1.99. The number of para-hydroxylation sites is 2. The molecule has 0 spiro atoms. The van der Waals surface area contributed by atoms with Crippen molar-refractivity contribution in [3.63, 3.8) is 0 Å². The van der Waals surface area contributed by atoms with Crippen LogP contribution in [-0.2, 0) is 0 Å². The van der Waals surface area contributed by atoms with Crippen LogP contribution in [0.5, 0.6) is 0 Å². The topological polar surface area (TPSA) is 46.0 Å². The van der Waals surface area contributed by atoms with Crippen molar-refractivity contribution in [1.29, 1.82) is 0 Å². The Bertz CT molecular complexity index is 511. The van der Waals surface area contributed by atoms with Gasteiger partial charge in [-0.3, -0.25) is 4.98 Å². The van der Waals surface area contributed by atoms with E-state index in [9.17, 15) is 4.39 Å². The molecule has 1 aromatic heterocycles. The van der Waals surface area contributed by atoms with Gasteiger partial charge in [0.1, 0.15) is 11.5 Å². The minimum absolute atomic E-state index is 0.141. The smallest absolute Gasteiger partial charge is 0.148 e. The van der Waals surface area contributed by atoms with E-state index in [0.717, 1.165) is 11.6 Å². The van der Waals surface area contributed by atoms with Crippen LogP contribution < -0.4 is 0 Å². The van der Waals surface area contributed by atoms with Gasteiger partial charge in [-0.25, -0.2) is 9.37 Å². The molecular formula is C11H9FN2O. The molecule has 3 nitrogen and oxygen atoms in total. The standard InChI is InChI=1S/C11H9FN2O/c12-8(5-6-15)11-7-13-9-3-1-2-4-10(9)14-11/h1-5,7,15H,6H2. The molecule has 15 heavy (non-hydrogen) atoms. The Morgan fingerprint density at radius 1 is 1.33 bits per heavy atom. The summed E-state index contributed by atoms with van der Waals surface area (Å²) in [5.74, 6) is -0.559. The zero-order valence-electron chi connectivity index (χ0n) is 7.89. The summed E-state index contributed by atoms with van der Waals surface area (Å²) in [6.07, 6.45) is 2.41. The largest absolute Gasteiger partial charge is 0.392 e. The highest BCUT2D eigenvalue weighted by atomic mass is 19.1. The normalized spacial score (nSPS) is 12.0. The van der Waals surface area contributed by atoms with Crippen LogP contribution in [0.1, 0.15) is 5.69 Å². The molecule has 0 aliphatic heterocycles. The van der Waals surface area contributed by atoms with Crippen molar-refractivity contribution < 1.29 is 9.50 Å². The number of hydrogen-bond acceptors (Lipinski definition) is 3. The molecule has 4 heteroatoms. The molecule has 0 radical (unpaired) electrons. The Balaban J connectivity index is 2.51. The quantitative estimate of drug-likeness (QED) is 0.813. The molecule has 0 fully saturated rings. The molecule has 0 unspecified atom stereocenters. The van der Waals surface area contributed by atoms with E-state index in [1.54, 1.807) is 12.1 Å². The van der Waals surface area contributed by atoms with Gasteiger partial charge in [0.15, 0.2) is 0 Å². The van der Waals surface area contributed by atoms with Crippen LogP contribution in [0.25, 0.3) is 16.9 Å². The lowest BCUT2D eigenvalue weighted by Crippen LogP contribution is -1.90.